The van der Waals surface area contributed by atoms with Crippen molar-refractivity contribution in [1.82, 2.24) is 4.98 Å². The number of esters is 2. The van der Waals surface area contributed by atoms with Gasteiger partial charge in [0, 0.05) is 6.07 Å². The summed E-state index contributed by atoms with van der Waals surface area (Å²) in [5.41, 5.74) is 1.08. The molecule has 9 heteroatoms. The monoisotopic (exact) mass is 420 g/mol. The second kappa shape index (κ2) is 8.00. The van der Waals surface area contributed by atoms with Crippen molar-refractivity contribution in [2.45, 2.75) is 13.5 Å². The minimum absolute atomic E-state index is 0.0309. The number of rotatable bonds is 4. The van der Waals surface area contributed by atoms with Crippen LogP contribution in [-0.4, -0.2) is 24.0 Å². The van der Waals surface area contributed by atoms with Crippen LogP contribution in [0.25, 0.3) is 11.0 Å². The maximum Gasteiger partial charge on any atom is 0.406 e. The Morgan fingerprint density at radius 1 is 1.11 bits per heavy atom. The maximum absolute atomic E-state index is 12.7. The zero-order valence-corrected chi connectivity index (χ0v) is 16.4. The molecular weight excluding hydrogens is 407 g/mol. The number of hydrogen-bond acceptors (Lipinski definition) is 6. The molecule has 0 saturated heterocycles. The van der Waals surface area contributed by atoms with Crippen LogP contribution in [0.1, 0.15) is 32.1 Å². The Bertz CT molecular complexity index is 1080. The summed E-state index contributed by atoms with van der Waals surface area (Å²) in [4.78, 5) is 28.6. The molecule has 3 rings (SSSR count). The van der Waals surface area contributed by atoms with Gasteiger partial charge in [0.1, 0.15) is 12.1 Å². The van der Waals surface area contributed by atoms with E-state index in [1.165, 1.54) is 12.1 Å². The van der Waals surface area contributed by atoms with Crippen molar-refractivity contribution in [3.8, 4) is 0 Å². The minimum Gasteiger partial charge on any atom is -0.618 e. The highest BCUT2D eigenvalue weighted by atomic mass is 35.5. The zero-order chi connectivity index (χ0) is 20.4. The molecule has 0 amide bonds. The van der Waals surface area contributed by atoms with E-state index in [1.54, 1.807) is 24.3 Å². The summed E-state index contributed by atoms with van der Waals surface area (Å²) in [7, 11) is 1.13. The van der Waals surface area contributed by atoms with Gasteiger partial charge in [-0.3, -0.25) is 0 Å². The molecule has 3 aromatic rings. The lowest BCUT2D eigenvalue weighted by Gasteiger charge is -2.11. The van der Waals surface area contributed by atoms with E-state index in [0.29, 0.717) is 10.3 Å². The van der Waals surface area contributed by atoms with Crippen molar-refractivity contribution in [3.63, 3.8) is 0 Å². The number of carbonyl (C=O) groups is 2. The van der Waals surface area contributed by atoms with Gasteiger partial charge in [0.15, 0.2) is 5.69 Å². The molecule has 0 N–H and O–H groups in total. The summed E-state index contributed by atoms with van der Waals surface area (Å²) >= 11 is 11.9. The summed E-state index contributed by atoms with van der Waals surface area (Å²) in [6.07, 6.45) is 0. The van der Waals surface area contributed by atoms with Crippen LogP contribution in [-0.2, 0) is 16.1 Å². The summed E-state index contributed by atoms with van der Waals surface area (Å²) in [5, 5.41) is 13.0. The molecule has 1 aromatic heterocycles. The molecule has 7 nitrogen and oxygen atoms in total. The fraction of sp³-hybridized carbons (Fsp3) is 0.158. The standard InChI is InChI=1S/C19H14Cl2N2O5/c1-10-3-5-11(6-4-10)18(24)28-9-15-17(19(25)27-2)23(26)16-8-13(21)12(20)7-14(16)22-15/h3-8H,9H2,1-2H3. The quantitative estimate of drug-likeness (QED) is 0.363. The molecule has 0 aliphatic rings. The number of methoxy groups -OCH3 is 1. The largest absolute Gasteiger partial charge is 0.618 e. The fourth-order valence-electron chi connectivity index (χ4n) is 2.52. The van der Waals surface area contributed by atoms with Crippen molar-refractivity contribution in [1.29, 1.82) is 0 Å². The van der Waals surface area contributed by atoms with E-state index in [4.69, 9.17) is 27.9 Å². The van der Waals surface area contributed by atoms with Crippen LogP contribution < -0.4 is 4.73 Å². The van der Waals surface area contributed by atoms with Crippen LogP contribution in [0.15, 0.2) is 36.4 Å². The van der Waals surface area contributed by atoms with Gasteiger partial charge in [-0.1, -0.05) is 40.9 Å². The third-order valence-electron chi connectivity index (χ3n) is 3.97. The molecule has 144 valence electrons. The lowest BCUT2D eigenvalue weighted by Crippen LogP contribution is -2.38. The average Bonchev–Trinajstić information content (AvgIpc) is 2.68. The number of hydrogen-bond donors (Lipinski definition) is 0. The van der Waals surface area contributed by atoms with Gasteiger partial charge in [0.2, 0.25) is 5.52 Å². The summed E-state index contributed by atoms with van der Waals surface area (Å²) in [6, 6.07) is 9.45. The Balaban J connectivity index is 2.00. The van der Waals surface area contributed by atoms with Crippen molar-refractivity contribution < 1.29 is 23.8 Å². The third-order valence-corrected chi connectivity index (χ3v) is 4.70. The highest BCUT2D eigenvalue weighted by Gasteiger charge is 2.28. The number of aromatic nitrogens is 2. The smallest absolute Gasteiger partial charge is 0.406 e. The number of aryl methyl sites for hydroxylation is 1. The van der Waals surface area contributed by atoms with E-state index in [0.717, 1.165) is 12.7 Å². The van der Waals surface area contributed by atoms with E-state index < -0.39 is 24.2 Å². The summed E-state index contributed by atoms with van der Waals surface area (Å²) < 4.78 is 10.2. The zero-order valence-electron chi connectivity index (χ0n) is 14.9. The number of benzene rings is 2. The van der Waals surface area contributed by atoms with Crippen LogP contribution in [0.4, 0.5) is 0 Å². The van der Waals surface area contributed by atoms with Crippen molar-refractivity contribution in [2.75, 3.05) is 7.11 Å². The molecule has 1 heterocycles. The first-order valence-corrected chi connectivity index (χ1v) is 8.80. The van der Waals surface area contributed by atoms with E-state index in [-0.39, 0.29) is 26.8 Å². The van der Waals surface area contributed by atoms with Gasteiger partial charge in [-0.05, 0) is 25.1 Å². The molecule has 0 atom stereocenters. The fourth-order valence-corrected chi connectivity index (χ4v) is 2.83. The molecule has 0 radical (unpaired) electrons. The molecule has 0 saturated carbocycles. The SMILES string of the molecule is COC(=O)c1c(COC(=O)c2ccc(C)cc2)nc2cc(Cl)c(Cl)cc2[n+]1[O-]. The molecule has 0 unspecified atom stereocenters. The first-order valence-electron chi connectivity index (χ1n) is 8.05. The molecule has 0 spiro atoms. The van der Waals surface area contributed by atoms with Crippen LogP contribution >= 0.6 is 23.2 Å². The Hall–Kier alpha value is -2.90. The number of halogens is 2. The molecule has 2 aromatic carbocycles. The van der Waals surface area contributed by atoms with Crippen LogP contribution in [0, 0.1) is 12.1 Å². The normalized spacial score (nSPS) is 10.7. The van der Waals surface area contributed by atoms with Gasteiger partial charge in [-0.25, -0.2) is 14.6 Å². The number of nitrogens with zero attached hydrogens (tertiary/aromatic N) is 2. The van der Waals surface area contributed by atoms with Gasteiger partial charge in [-0.15, -0.1) is 0 Å². The summed E-state index contributed by atoms with van der Waals surface area (Å²) in [5.74, 6) is -1.54. The second-order valence-electron chi connectivity index (χ2n) is 5.89. The number of ether oxygens (including phenoxy) is 2. The topological polar surface area (TPSA) is 92.4 Å². The van der Waals surface area contributed by atoms with Crippen LogP contribution in [0.3, 0.4) is 0 Å². The predicted octanol–water partition coefficient (Wildman–Crippen LogP) is 3.63. The Morgan fingerprint density at radius 3 is 2.39 bits per heavy atom. The van der Waals surface area contributed by atoms with Crippen LogP contribution in [0.5, 0.6) is 0 Å². The van der Waals surface area contributed by atoms with Crippen molar-refractivity contribution in [2.24, 2.45) is 0 Å². The highest BCUT2D eigenvalue weighted by molar-refractivity contribution is 6.42. The van der Waals surface area contributed by atoms with Crippen molar-refractivity contribution in [3.05, 3.63) is 74.2 Å². The lowest BCUT2D eigenvalue weighted by molar-refractivity contribution is -0.581. The van der Waals surface area contributed by atoms with Gasteiger partial charge in [-0.2, -0.15) is 4.73 Å². The lowest BCUT2D eigenvalue weighted by atomic mass is 10.1. The Morgan fingerprint density at radius 2 is 1.75 bits per heavy atom. The average molecular weight is 421 g/mol. The minimum atomic E-state index is -0.920. The molecule has 0 aliphatic carbocycles. The van der Waals surface area contributed by atoms with Gasteiger partial charge >= 0.3 is 17.6 Å². The first-order chi connectivity index (χ1) is 13.3. The molecular formula is C19H14Cl2N2O5. The molecule has 28 heavy (non-hydrogen) atoms. The Kier molecular flexibility index (Phi) is 5.67. The van der Waals surface area contributed by atoms with E-state index in [9.17, 15) is 14.8 Å². The van der Waals surface area contributed by atoms with Gasteiger partial charge in [0.05, 0.1) is 22.7 Å². The number of fused-ring (bicyclic) bond motifs is 1. The van der Waals surface area contributed by atoms with E-state index in [1.807, 2.05) is 6.92 Å². The molecule has 0 aliphatic heterocycles. The van der Waals surface area contributed by atoms with Crippen LogP contribution in [0.2, 0.25) is 10.0 Å². The van der Waals surface area contributed by atoms with Gasteiger partial charge < -0.3 is 14.7 Å². The van der Waals surface area contributed by atoms with Gasteiger partial charge in [0.25, 0.3) is 0 Å². The number of carbonyl (C=O) groups excluding carboxylic acids is 2. The molecule has 0 fully saturated rings. The summed E-state index contributed by atoms with van der Waals surface area (Å²) in [6.45, 7) is 1.48. The van der Waals surface area contributed by atoms with E-state index >= 15 is 0 Å². The maximum atomic E-state index is 12.7. The van der Waals surface area contributed by atoms with E-state index in [2.05, 4.69) is 9.72 Å². The third kappa shape index (κ3) is 3.85. The Labute approximate surface area is 170 Å². The highest BCUT2D eigenvalue weighted by Crippen LogP contribution is 2.26. The predicted molar refractivity (Wildman–Crippen MR) is 102 cm³/mol. The second-order valence-corrected chi connectivity index (χ2v) is 6.70. The first kappa shape index (κ1) is 19.9. The molecule has 0 bridgehead atoms. The van der Waals surface area contributed by atoms with Crippen molar-refractivity contribution >= 4 is 46.2 Å².